The average molecular weight is 268 g/mol. The third-order valence-corrected chi connectivity index (χ3v) is 2.79. The number of anilines is 1. The molecule has 2 heterocycles. The van der Waals surface area contributed by atoms with Gasteiger partial charge in [0.05, 0.1) is 5.38 Å². The van der Waals surface area contributed by atoms with E-state index in [0.717, 1.165) is 10.7 Å². The zero-order chi connectivity index (χ0) is 12.8. The topological polar surface area (TPSA) is 38.1 Å². The molecule has 1 aliphatic heterocycles. The van der Waals surface area contributed by atoms with Gasteiger partial charge in [0.15, 0.2) is 5.69 Å². The average Bonchev–Trinajstić information content (AvgIpc) is 2.68. The normalized spacial score (nSPS) is 21.4. The molecule has 0 saturated carbocycles. The van der Waals surface area contributed by atoms with Gasteiger partial charge in [-0.25, -0.2) is 0 Å². The third kappa shape index (κ3) is 2.24. The minimum Gasteiger partial charge on any atom is -0.295 e. The number of hydrogen-bond acceptors (Lipinski definition) is 2. The van der Waals surface area contributed by atoms with E-state index in [2.05, 4.69) is 5.10 Å². The Balaban J connectivity index is 2.34. The van der Waals surface area contributed by atoms with Crippen molar-refractivity contribution in [2.45, 2.75) is 18.0 Å². The third-order valence-electron chi connectivity index (χ3n) is 2.50. The van der Waals surface area contributed by atoms with E-state index in [0.29, 0.717) is 0 Å². The van der Waals surface area contributed by atoms with Gasteiger partial charge < -0.3 is 0 Å². The van der Waals surface area contributed by atoms with Crippen molar-refractivity contribution in [1.82, 2.24) is 9.78 Å². The van der Waals surface area contributed by atoms with Crippen LogP contribution in [0.5, 0.6) is 0 Å². The zero-order valence-corrected chi connectivity index (χ0v) is 9.59. The van der Waals surface area contributed by atoms with Crippen LogP contribution in [0, 0.1) is 0 Å². The van der Waals surface area contributed by atoms with Crippen LogP contribution in [0.25, 0.3) is 0 Å². The monoisotopic (exact) mass is 267 g/mol. The fourth-order valence-corrected chi connectivity index (χ4v) is 2.00. The van der Waals surface area contributed by atoms with Gasteiger partial charge in [0.1, 0.15) is 5.82 Å². The molecule has 8 heteroatoms. The van der Waals surface area contributed by atoms with E-state index in [4.69, 9.17) is 11.6 Å². The summed E-state index contributed by atoms with van der Waals surface area (Å²) in [4.78, 5) is 12.7. The second-order valence-corrected chi connectivity index (χ2v) is 4.43. The van der Waals surface area contributed by atoms with Crippen LogP contribution in [0.2, 0.25) is 0 Å². The van der Waals surface area contributed by atoms with E-state index >= 15 is 0 Å². The lowest BCUT2D eigenvalue weighted by Gasteiger charge is -2.14. The van der Waals surface area contributed by atoms with E-state index in [9.17, 15) is 18.0 Å². The van der Waals surface area contributed by atoms with Crippen molar-refractivity contribution in [3.8, 4) is 0 Å². The molecular formula is C9H9ClF3N3O. The smallest absolute Gasteiger partial charge is 0.295 e. The molecule has 1 atom stereocenters. The molecule has 2 rings (SSSR count). The van der Waals surface area contributed by atoms with Crippen LogP contribution in [-0.4, -0.2) is 27.6 Å². The second kappa shape index (κ2) is 3.90. The van der Waals surface area contributed by atoms with E-state index in [1.54, 1.807) is 0 Å². The second-order valence-electron chi connectivity index (χ2n) is 3.81. The van der Waals surface area contributed by atoms with Gasteiger partial charge in [0.25, 0.3) is 0 Å². The molecule has 1 fully saturated rings. The van der Waals surface area contributed by atoms with E-state index in [1.807, 2.05) is 0 Å². The quantitative estimate of drug-likeness (QED) is 0.728. The number of aromatic nitrogens is 2. The van der Waals surface area contributed by atoms with Gasteiger partial charge in [0.2, 0.25) is 5.91 Å². The molecule has 1 aromatic heterocycles. The molecule has 0 spiro atoms. The van der Waals surface area contributed by atoms with Crippen LogP contribution < -0.4 is 4.90 Å². The molecule has 0 aliphatic carbocycles. The fraction of sp³-hybridized carbons (Fsp3) is 0.556. The van der Waals surface area contributed by atoms with Crippen molar-refractivity contribution in [2.24, 2.45) is 7.05 Å². The Bertz CT molecular complexity index is 457. The first-order valence-electron chi connectivity index (χ1n) is 4.84. The Morgan fingerprint density at radius 1 is 1.53 bits per heavy atom. The number of aryl methyl sites for hydroxylation is 1. The molecule has 1 unspecified atom stereocenters. The number of carbonyl (C=O) groups excluding carboxylic acids is 1. The molecule has 0 radical (unpaired) electrons. The number of amides is 1. The molecule has 94 valence electrons. The highest BCUT2D eigenvalue weighted by Gasteiger charge is 2.37. The van der Waals surface area contributed by atoms with Crippen molar-refractivity contribution >= 4 is 23.3 Å². The van der Waals surface area contributed by atoms with Gasteiger partial charge in [-0.15, -0.1) is 11.6 Å². The van der Waals surface area contributed by atoms with Crippen molar-refractivity contribution in [1.29, 1.82) is 0 Å². The lowest BCUT2D eigenvalue weighted by molar-refractivity contribution is -0.141. The summed E-state index contributed by atoms with van der Waals surface area (Å²) >= 11 is 5.79. The number of halogens is 4. The first-order valence-corrected chi connectivity index (χ1v) is 5.28. The molecule has 0 N–H and O–H groups in total. The molecular weight excluding hydrogens is 259 g/mol. The maximum Gasteiger partial charge on any atom is 0.435 e. The van der Waals surface area contributed by atoms with Crippen LogP contribution in [0.4, 0.5) is 19.0 Å². The predicted molar refractivity (Wildman–Crippen MR) is 54.8 cm³/mol. The van der Waals surface area contributed by atoms with Gasteiger partial charge in [0, 0.05) is 26.1 Å². The van der Waals surface area contributed by atoms with Crippen LogP contribution in [-0.2, 0) is 18.0 Å². The number of rotatable bonds is 1. The number of nitrogens with zero attached hydrogens (tertiary/aromatic N) is 3. The first kappa shape index (κ1) is 12.2. The first-order chi connectivity index (χ1) is 7.79. The highest BCUT2D eigenvalue weighted by Crippen LogP contribution is 2.32. The van der Waals surface area contributed by atoms with Crippen molar-refractivity contribution < 1.29 is 18.0 Å². The summed E-state index contributed by atoms with van der Waals surface area (Å²) < 4.78 is 38.3. The Morgan fingerprint density at radius 3 is 2.59 bits per heavy atom. The predicted octanol–water partition coefficient (Wildman–Crippen LogP) is 1.78. The van der Waals surface area contributed by atoms with Gasteiger partial charge in [-0.05, 0) is 0 Å². The molecule has 1 saturated heterocycles. The lowest BCUT2D eigenvalue weighted by atomic mass is 10.4. The van der Waals surface area contributed by atoms with Gasteiger partial charge in [-0.3, -0.25) is 14.4 Å². The molecule has 1 amide bonds. The Labute approximate surface area is 99.9 Å². The number of carbonyl (C=O) groups is 1. The summed E-state index contributed by atoms with van der Waals surface area (Å²) in [5.41, 5.74) is -1.01. The fourth-order valence-electron chi connectivity index (χ4n) is 1.73. The highest BCUT2D eigenvalue weighted by atomic mass is 35.5. The highest BCUT2D eigenvalue weighted by molar-refractivity contribution is 6.24. The zero-order valence-electron chi connectivity index (χ0n) is 8.83. The van der Waals surface area contributed by atoms with Crippen molar-refractivity contribution in [3.05, 3.63) is 11.8 Å². The summed E-state index contributed by atoms with van der Waals surface area (Å²) in [7, 11) is 1.36. The van der Waals surface area contributed by atoms with Crippen LogP contribution in [0.1, 0.15) is 12.1 Å². The summed E-state index contributed by atoms with van der Waals surface area (Å²) in [5.74, 6) is -0.174. The van der Waals surface area contributed by atoms with Crippen LogP contribution in [0.3, 0.4) is 0 Å². The summed E-state index contributed by atoms with van der Waals surface area (Å²) in [5, 5.41) is 2.97. The SMILES string of the molecule is Cn1nc(C(F)(F)F)cc1N1CC(Cl)CC1=O. The van der Waals surface area contributed by atoms with Gasteiger partial charge in [-0.2, -0.15) is 18.3 Å². The maximum atomic E-state index is 12.4. The van der Waals surface area contributed by atoms with Crippen molar-refractivity contribution in [3.63, 3.8) is 0 Å². The van der Waals surface area contributed by atoms with Crippen LogP contribution in [0.15, 0.2) is 6.07 Å². The molecule has 0 aromatic carbocycles. The molecule has 0 bridgehead atoms. The maximum absolute atomic E-state index is 12.4. The summed E-state index contributed by atoms with van der Waals surface area (Å²) in [6.07, 6.45) is -4.38. The van der Waals surface area contributed by atoms with E-state index in [-0.39, 0.29) is 30.1 Å². The summed E-state index contributed by atoms with van der Waals surface area (Å²) in [6.45, 7) is 0.206. The Hall–Kier alpha value is -1.24. The minimum absolute atomic E-state index is 0.116. The Kier molecular flexibility index (Phi) is 2.81. The number of alkyl halides is 4. The molecule has 1 aromatic rings. The van der Waals surface area contributed by atoms with E-state index < -0.39 is 11.9 Å². The lowest BCUT2D eigenvalue weighted by Crippen LogP contribution is -2.26. The van der Waals surface area contributed by atoms with Gasteiger partial charge >= 0.3 is 6.18 Å². The van der Waals surface area contributed by atoms with E-state index in [1.165, 1.54) is 11.9 Å². The molecule has 1 aliphatic rings. The summed E-state index contributed by atoms with van der Waals surface area (Å²) in [6, 6.07) is 0.854. The minimum atomic E-state index is -4.51. The number of hydrogen-bond donors (Lipinski definition) is 0. The van der Waals surface area contributed by atoms with Crippen molar-refractivity contribution in [2.75, 3.05) is 11.4 Å². The van der Waals surface area contributed by atoms with Crippen LogP contribution >= 0.6 is 11.6 Å². The molecule has 17 heavy (non-hydrogen) atoms. The standard InChI is InChI=1S/C9H9ClF3N3O/c1-15-7(3-6(14-15)9(11,12)13)16-4-5(10)2-8(16)17/h3,5H,2,4H2,1H3. The molecule has 4 nitrogen and oxygen atoms in total. The Morgan fingerprint density at radius 2 is 2.18 bits per heavy atom. The van der Waals surface area contributed by atoms with Gasteiger partial charge in [-0.1, -0.05) is 0 Å². The largest absolute Gasteiger partial charge is 0.435 e.